The van der Waals surface area contributed by atoms with Crippen LogP contribution in [-0.4, -0.2) is 4.73 Å². The van der Waals surface area contributed by atoms with E-state index in [1.54, 1.807) is 6.07 Å². The normalized spacial score (nSPS) is 11.1. The highest BCUT2D eigenvalue weighted by Gasteiger charge is 2.22. The van der Waals surface area contributed by atoms with Crippen LogP contribution < -0.4 is 16.0 Å². The molecule has 1 aromatic carbocycles. The predicted molar refractivity (Wildman–Crippen MR) is 65.9 cm³/mol. The Morgan fingerprint density at radius 1 is 1.29 bits per heavy atom. The van der Waals surface area contributed by atoms with Crippen molar-refractivity contribution >= 4 is 23.2 Å². The highest BCUT2D eigenvalue weighted by molar-refractivity contribution is 6.37. The Bertz CT molecular complexity index is 628. The predicted octanol–water partition coefficient (Wildman–Crippen LogP) is 2.10. The third-order valence-corrected chi connectivity index (χ3v) is 3.33. The molecule has 0 aliphatic heterocycles. The number of hydrogen-bond donors (Lipinski definition) is 0. The number of aromatic nitrogens is 1. The zero-order valence-electron chi connectivity index (χ0n) is 9.21. The topological polar surface area (TPSA) is 48.3 Å². The summed E-state index contributed by atoms with van der Waals surface area (Å²) in [7, 11) is 0. The summed E-state index contributed by atoms with van der Waals surface area (Å²) in [4.78, 5) is 26.7. The minimum Gasteiger partial charge on any atom is -0.365 e. The first-order valence-electron chi connectivity index (χ1n) is 5.01. The molecule has 0 fully saturated rings. The van der Waals surface area contributed by atoms with Crippen LogP contribution in [0, 0.1) is 6.92 Å². The zero-order valence-corrected chi connectivity index (χ0v) is 10.7. The number of hydrogen-bond acceptors (Lipinski definition) is 3. The van der Waals surface area contributed by atoms with Crippen molar-refractivity contribution in [1.82, 2.24) is 4.73 Å². The molecule has 0 N–H and O–H groups in total. The molecule has 2 rings (SSSR count). The second-order valence-corrected chi connectivity index (χ2v) is 4.42. The lowest BCUT2D eigenvalue weighted by molar-refractivity contribution is 0.237. The van der Waals surface area contributed by atoms with Gasteiger partial charge in [-0.25, -0.2) is 0 Å². The minimum atomic E-state index is -0.700. The molecule has 0 saturated carbocycles. The summed E-state index contributed by atoms with van der Waals surface area (Å²) in [6.07, 6.45) is 0.785. The van der Waals surface area contributed by atoms with Gasteiger partial charge in [-0.2, -0.15) is 0 Å². The Labute approximate surface area is 107 Å². The smallest absolute Gasteiger partial charge is 0.356 e. The van der Waals surface area contributed by atoms with Gasteiger partial charge in [0.05, 0.1) is 10.0 Å². The largest absolute Gasteiger partial charge is 0.365 e. The van der Waals surface area contributed by atoms with Crippen molar-refractivity contribution in [2.24, 2.45) is 0 Å². The molecule has 0 bridgehead atoms. The number of nitrogens with zero attached hydrogens (tertiary/aromatic N) is 1. The molecule has 4 nitrogen and oxygen atoms in total. The molecule has 0 atom stereocenters. The maximum atomic E-state index is 10.8. The van der Waals surface area contributed by atoms with Gasteiger partial charge in [0.15, 0.2) is 5.75 Å². The number of rotatable bonds is 3. The first kappa shape index (κ1) is 12.2. The highest BCUT2D eigenvalue weighted by atomic mass is 35.5. The summed E-state index contributed by atoms with van der Waals surface area (Å²) in [5, 5.41) is 0.604. The Hall–Kier alpha value is -1.26. The zero-order chi connectivity index (χ0) is 12.7. The standard InChI is InChI=1S/C11H9Cl2NO3/c1-3-6-4-7(12)9(8(13)5(6)2)17-14-10(15)11(14)16/h4H,3H2,1-2H3. The van der Waals surface area contributed by atoms with E-state index in [2.05, 4.69) is 0 Å². The van der Waals surface area contributed by atoms with Gasteiger partial charge >= 0.3 is 11.1 Å². The Morgan fingerprint density at radius 3 is 2.35 bits per heavy atom. The fourth-order valence-corrected chi connectivity index (χ4v) is 2.06. The van der Waals surface area contributed by atoms with Crippen LogP contribution in [0.2, 0.25) is 10.0 Å². The quantitative estimate of drug-likeness (QED) is 0.805. The lowest BCUT2D eigenvalue weighted by Crippen LogP contribution is -2.05. The fourth-order valence-electron chi connectivity index (χ4n) is 1.49. The van der Waals surface area contributed by atoms with Gasteiger partial charge in [0.25, 0.3) is 0 Å². The van der Waals surface area contributed by atoms with E-state index < -0.39 is 11.1 Å². The maximum absolute atomic E-state index is 10.8. The van der Waals surface area contributed by atoms with E-state index in [9.17, 15) is 9.59 Å². The first-order valence-corrected chi connectivity index (χ1v) is 5.76. The first-order chi connectivity index (χ1) is 7.97. The third kappa shape index (κ3) is 1.98. The van der Waals surface area contributed by atoms with Crippen LogP contribution in [0.15, 0.2) is 15.7 Å². The van der Waals surface area contributed by atoms with Crippen LogP contribution in [0.3, 0.4) is 0 Å². The lowest BCUT2D eigenvalue weighted by Gasteiger charge is -2.11. The van der Waals surface area contributed by atoms with E-state index in [-0.39, 0.29) is 10.8 Å². The van der Waals surface area contributed by atoms with Crippen LogP contribution in [0.4, 0.5) is 0 Å². The van der Waals surface area contributed by atoms with Crippen LogP contribution in [0.25, 0.3) is 0 Å². The van der Waals surface area contributed by atoms with Crippen molar-refractivity contribution < 1.29 is 4.84 Å². The summed E-state index contributed by atoms with van der Waals surface area (Å²) in [5.74, 6) is 0.141. The molecule has 1 heterocycles. The Balaban J connectivity index is 2.48. The molecule has 0 amide bonds. The van der Waals surface area contributed by atoms with Gasteiger partial charge in [-0.1, -0.05) is 34.9 Å². The van der Waals surface area contributed by atoms with Gasteiger partial charge in [0.1, 0.15) is 0 Å². The van der Waals surface area contributed by atoms with E-state index in [0.717, 1.165) is 17.5 Å². The molecule has 90 valence electrons. The monoisotopic (exact) mass is 273 g/mol. The second kappa shape index (κ2) is 4.20. The average molecular weight is 274 g/mol. The molecule has 0 radical (unpaired) electrons. The molecular weight excluding hydrogens is 265 g/mol. The summed E-state index contributed by atoms with van der Waals surface area (Å²) < 4.78 is 0.623. The van der Waals surface area contributed by atoms with Crippen molar-refractivity contribution in [2.75, 3.05) is 0 Å². The van der Waals surface area contributed by atoms with Gasteiger partial charge in [0.2, 0.25) is 0 Å². The fraction of sp³-hybridized carbons (Fsp3) is 0.273. The van der Waals surface area contributed by atoms with Gasteiger partial charge in [-0.05, 0) is 30.5 Å². The molecule has 0 unspecified atom stereocenters. The molecule has 0 aliphatic rings. The van der Waals surface area contributed by atoms with E-state index in [0.29, 0.717) is 9.75 Å². The van der Waals surface area contributed by atoms with E-state index in [4.69, 9.17) is 28.0 Å². The third-order valence-electron chi connectivity index (χ3n) is 2.59. The summed E-state index contributed by atoms with van der Waals surface area (Å²) >= 11 is 12.1. The van der Waals surface area contributed by atoms with Crippen LogP contribution in [0.1, 0.15) is 18.1 Å². The van der Waals surface area contributed by atoms with Gasteiger partial charge in [0, 0.05) is 0 Å². The molecule has 0 spiro atoms. The summed E-state index contributed by atoms with van der Waals surface area (Å²) in [6, 6.07) is 1.72. The second-order valence-electron chi connectivity index (χ2n) is 3.64. The van der Waals surface area contributed by atoms with Crippen LogP contribution in [-0.2, 0) is 6.42 Å². The number of benzene rings is 1. The minimum absolute atomic E-state index is 0.141. The van der Waals surface area contributed by atoms with Crippen molar-refractivity contribution in [3.05, 3.63) is 47.9 Å². The Morgan fingerprint density at radius 2 is 1.88 bits per heavy atom. The average Bonchev–Trinajstić information content (AvgIpc) is 2.87. The Kier molecular flexibility index (Phi) is 3.02. The molecular formula is C11H9Cl2NO3. The van der Waals surface area contributed by atoms with E-state index in [1.807, 2.05) is 13.8 Å². The van der Waals surface area contributed by atoms with Gasteiger partial charge in [-0.15, -0.1) is 0 Å². The van der Waals surface area contributed by atoms with Gasteiger partial charge in [-0.3, -0.25) is 9.59 Å². The molecule has 6 heteroatoms. The number of aryl methyl sites for hydroxylation is 1. The molecule has 17 heavy (non-hydrogen) atoms. The van der Waals surface area contributed by atoms with Crippen molar-refractivity contribution in [2.45, 2.75) is 20.3 Å². The van der Waals surface area contributed by atoms with Gasteiger partial charge < -0.3 is 4.84 Å². The maximum Gasteiger partial charge on any atom is 0.356 e. The summed E-state index contributed by atoms with van der Waals surface area (Å²) in [6.45, 7) is 3.81. The van der Waals surface area contributed by atoms with E-state index in [1.165, 1.54) is 0 Å². The SMILES string of the molecule is CCc1cc(Cl)c(On2c(=O)c2=O)c(Cl)c1C. The lowest BCUT2D eigenvalue weighted by atomic mass is 10.1. The number of halogens is 2. The molecule has 2 aromatic rings. The molecule has 0 saturated heterocycles. The van der Waals surface area contributed by atoms with E-state index >= 15 is 0 Å². The van der Waals surface area contributed by atoms with Crippen molar-refractivity contribution in [3.8, 4) is 5.75 Å². The van der Waals surface area contributed by atoms with Crippen LogP contribution >= 0.6 is 23.2 Å². The molecule has 0 aliphatic carbocycles. The van der Waals surface area contributed by atoms with Crippen LogP contribution in [0.5, 0.6) is 5.75 Å². The summed E-state index contributed by atoms with van der Waals surface area (Å²) in [5.41, 5.74) is 0.426. The molecule has 1 aromatic heterocycles. The van der Waals surface area contributed by atoms with Crippen molar-refractivity contribution in [3.63, 3.8) is 0 Å². The van der Waals surface area contributed by atoms with Crippen molar-refractivity contribution in [1.29, 1.82) is 0 Å². The highest BCUT2D eigenvalue weighted by Crippen LogP contribution is 2.37.